The standard InChI is InChI=1S/C9H11N3O/c10-5-6-13-9-7-3-1-2-4-8(7)11-12-9/h1-4H,5-6,10H2,(H,11,12). The monoisotopic (exact) mass is 177 g/mol. The van der Waals surface area contributed by atoms with E-state index in [-0.39, 0.29) is 0 Å². The zero-order chi connectivity index (χ0) is 9.10. The van der Waals surface area contributed by atoms with Crippen LogP contribution in [-0.2, 0) is 0 Å². The highest BCUT2D eigenvalue weighted by atomic mass is 16.5. The highest BCUT2D eigenvalue weighted by Crippen LogP contribution is 2.21. The zero-order valence-corrected chi connectivity index (χ0v) is 7.16. The molecule has 3 N–H and O–H groups in total. The summed E-state index contributed by atoms with van der Waals surface area (Å²) in [5.74, 6) is 0.626. The largest absolute Gasteiger partial charge is 0.475 e. The maximum atomic E-state index is 5.34. The van der Waals surface area contributed by atoms with Crippen molar-refractivity contribution in [2.45, 2.75) is 0 Å². The summed E-state index contributed by atoms with van der Waals surface area (Å²) in [5.41, 5.74) is 6.31. The minimum absolute atomic E-state index is 0.495. The number of rotatable bonds is 3. The fourth-order valence-electron chi connectivity index (χ4n) is 1.20. The van der Waals surface area contributed by atoms with Crippen LogP contribution in [0.3, 0.4) is 0 Å². The minimum Gasteiger partial charge on any atom is -0.475 e. The Hall–Kier alpha value is -1.55. The van der Waals surface area contributed by atoms with Gasteiger partial charge in [0.2, 0.25) is 5.88 Å². The molecular weight excluding hydrogens is 166 g/mol. The first-order valence-electron chi connectivity index (χ1n) is 4.18. The predicted octanol–water partition coefficient (Wildman–Crippen LogP) is 0.900. The van der Waals surface area contributed by atoms with E-state index < -0.39 is 0 Å². The summed E-state index contributed by atoms with van der Waals surface area (Å²) in [4.78, 5) is 0. The second-order valence-corrected chi connectivity index (χ2v) is 2.71. The van der Waals surface area contributed by atoms with Gasteiger partial charge in [0.05, 0.1) is 10.9 Å². The van der Waals surface area contributed by atoms with Gasteiger partial charge >= 0.3 is 0 Å². The van der Waals surface area contributed by atoms with Crippen molar-refractivity contribution in [3.05, 3.63) is 24.3 Å². The molecule has 0 fully saturated rings. The van der Waals surface area contributed by atoms with E-state index in [1.807, 2.05) is 24.3 Å². The second-order valence-electron chi connectivity index (χ2n) is 2.71. The van der Waals surface area contributed by atoms with Gasteiger partial charge in [-0.1, -0.05) is 12.1 Å². The summed E-state index contributed by atoms with van der Waals surface area (Å²) in [6.07, 6.45) is 0. The number of aromatic nitrogens is 2. The summed E-state index contributed by atoms with van der Waals surface area (Å²) in [5, 5.41) is 7.91. The van der Waals surface area contributed by atoms with Gasteiger partial charge in [-0.05, 0) is 12.1 Å². The molecular formula is C9H11N3O. The Balaban J connectivity index is 2.35. The number of H-pyrrole nitrogens is 1. The van der Waals surface area contributed by atoms with E-state index in [1.54, 1.807) is 0 Å². The molecule has 0 spiro atoms. The molecule has 0 saturated carbocycles. The van der Waals surface area contributed by atoms with Crippen LogP contribution in [0.4, 0.5) is 0 Å². The molecule has 2 rings (SSSR count). The van der Waals surface area contributed by atoms with Crippen molar-refractivity contribution in [3.63, 3.8) is 0 Å². The van der Waals surface area contributed by atoms with Crippen molar-refractivity contribution >= 4 is 10.9 Å². The van der Waals surface area contributed by atoms with E-state index in [0.717, 1.165) is 10.9 Å². The van der Waals surface area contributed by atoms with Gasteiger partial charge in [-0.2, -0.15) is 0 Å². The summed E-state index contributed by atoms with van der Waals surface area (Å²) >= 11 is 0. The van der Waals surface area contributed by atoms with E-state index in [2.05, 4.69) is 10.2 Å². The average Bonchev–Trinajstić information content (AvgIpc) is 2.58. The predicted molar refractivity (Wildman–Crippen MR) is 50.6 cm³/mol. The molecule has 0 aliphatic rings. The lowest BCUT2D eigenvalue weighted by molar-refractivity contribution is 0.318. The molecule has 4 nitrogen and oxygen atoms in total. The maximum Gasteiger partial charge on any atom is 0.240 e. The van der Waals surface area contributed by atoms with Crippen molar-refractivity contribution in [1.29, 1.82) is 0 Å². The van der Waals surface area contributed by atoms with E-state index in [1.165, 1.54) is 0 Å². The van der Waals surface area contributed by atoms with Gasteiger partial charge in [-0.15, -0.1) is 5.10 Å². The highest BCUT2D eigenvalue weighted by Gasteiger charge is 2.03. The molecule has 0 radical (unpaired) electrons. The van der Waals surface area contributed by atoms with E-state index in [0.29, 0.717) is 19.0 Å². The molecule has 0 saturated heterocycles. The van der Waals surface area contributed by atoms with Crippen LogP contribution >= 0.6 is 0 Å². The van der Waals surface area contributed by atoms with Gasteiger partial charge in [-0.25, -0.2) is 0 Å². The highest BCUT2D eigenvalue weighted by molar-refractivity contribution is 5.83. The number of hydrogen-bond acceptors (Lipinski definition) is 3. The molecule has 68 valence electrons. The Kier molecular flexibility index (Phi) is 2.14. The summed E-state index contributed by atoms with van der Waals surface area (Å²) in [7, 11) is 0. The number of aromatic amines is 1. The number of benzene rings is 1. The summed E-state index contributed by atoms with van der Waals surface area (Å²) in [6.45, 7) is 0.996. The van der Waals surface area contributed by atoms with Crippen LogP contribution in [0.25, 0.3) is 10.9 Å². The molecule has 13 heavy (non-hydrogen) atoms. The number of para-hydroxylation sites is 1. The van der Waals surface area contributed by atoms with Crippen LogP contribution in [0.15, 0.2) is 24.3 Å². The maximum absolute atomic E-state index is 5.34. The molecule has 4 heteroatoms. The van der Waals surface area contributed by atoms with Crippen LogP contribution in [0, 0.1) is 0 Å². The van der Waals surface area contributed by atoms with Crippen molar-refractivity contribution < 1.29 is 4.74 Å². The Bertz CT molecular complexity index is 396. The van der Waals surface area contributed by atoms with Crippen LogP contribution in [0.5, 0.6) is 5.88 Å². The van der Waals surface area contributed by atoms with Gasteiger partial charge < -0.3 is 10.5 Å². The second kappa shape index (κ2) is 3.45. The van der Waals surface area contributed by atoms with E-state index >= 15 is 0 Å². The summed E-state index contributed by atoms with van der Waals surface area (Å²) in [6, 6.07) is 7.82. The Morgan fingerprint density at radius 1 is 1.38 bits per heavy atom. The third kappa shape index (κ3) is 1.48. The Labute approximate surface area is 75.7 Å². The SMILES string of the molecule is NCCOc1n[nH]c2ccccc12. The van der Waals surface area contributed by atoms with E-state index in [4.69, 9.17) is 10.5 Å². The number of nitrogens with zero attached hydrogens (tertiary/aromatic N) is 1. The number of nitrogens with two attached hydrogens (primary N) is 1. The molecule has 0 aliphatic heterocycles. The van der Waals surface area contributed by atoms with Crippen molar-refractivity contribution in [2.24, 2.45) is 5.73 Å². The molecule has 0 atom stereocenters. The molecule has 0 unspecified atom stereocenters. The molecule has 1 aromatic heterocycles. The Morgan fingerprint density at radius 2 is 2.23 bits per heavy atom. The molecule has 1 aromatic carbocycles. The van der Waals surface area contributed by atoms with Gasteiger partial charge in [0, 0.05) is 6.54 Å². The van der Waals surface area contributed by atoms with Crippen molar-refractivity contribution in [2.75, 3.05) is 13.2 Å². The molecule has 0 bridgehead atoms. The first-order chi connectivity index (χ1) is 6.42. The summed E-state index contributed by atoms with van der Waals surface area (Å²) < 4.78 is 5.34. The quantitative estimate of drug-likeness (QED) is 0.732. The number of ether oxygens (including phenoxy) is 1. The third-order valence-corrected chi connectivity index (χ3v) is 1.79. The first-order valence-corrected chi connectivity index (χ1v) is 4.18. The fraction of sp³-hybridized carbons (Fsp3) is 0.222. The topological polar surface area (TPSA) is 63.9 Å². The molecule has 2 aromatic rings. The van der Waals surface area contributed by atoms with Gasteiger partial charge in [-0.3, -0.25) is 5.10 Å². The third-order valence-electron chi connectivity index (χ3n) is 1.79. The van der Waals surface area contributed by atoms with Gasteiger partial charge in [0.25, 0.3) is 0 Å². The first kappa shape index (κ1) is 8.07. The van der Waals surface area contributed by atoms with Crippen molar-refractivity contribution in [3.8, 4) is 5.88 Å². The fourth-order valence-corrected chi connectivity index (χ4v) is 1.20. The van der Waals surface area contributed by atoms with E-state index in [9.17, 15) is 0 Å². The van der Waals surface area contributed by atoms with Crippen molar-refractivity contribution in [1.82, 2.24) is 10.2 Å². The lowest BCUT2D eigenvalue weighted by Gasteiger charge is -1.98. The van der Waals surface area contributed by atoms with Crippen LogP contribution in [-0.4, -0.2) is 23.3 Å². The Morgan fingerprint density at radius 3 is 3.08 bits per heavy atom. The molecule has 1 heterocycles. The number of hydrogen-bond donors (Lipinski definition) is 2. The normalized spacial score (nSPS) is 10.5. The van der Waals surface area contributed by atoms with Crippen LogP contribution in [0.1, 0.15) is 0 Å². The number of fused-ring (bicyclic) bond motifs is 1. The minimum atomic E-state index is 0.495. The van der Waals surface area contributed by atoms with Crippen LogP contribution < -0.4 is 10.5 Å². The zero-order valence-electron chi connectivity index (χ0n) is 7.16. The average molecular weight is 177 g/mol. The molecule has 0 aliphatic carbocycles. The lowest BCUT2D eigenvalue weighted by atomic mass is 10.2. The lowest BCUT2D eigenvalue weighted by Crippen LogP contribution is -2.10. The van der Waals surface area contributed by atoms with Gasteiger partial charge in [0.1, 0.15) is 6.61 Å². The van der Waals surface area contributed by atoms with Gasteiger partial charge in [0.15, 0.2) is 0 Å². The van der Waals surface area contributed by atoms with Crippen LogP contribution in [0.2, 0.25) is 0 Å². The smallest absolute Gasteiger partial charge is 0.240 e. The number of nitrogens with one attached hydrogen (secondary N) is 1. The molecule has 0 amide bonds.